The Kier molecular flexibility index (Phi) is 3.71. The Morgan fingerprint density at radius 3 is 2.92 bits per heavy atom. The summed E-state index contributed by atoms with van der Waals surface area (Å²) in [6, 6.07) is 6.70. The van der Waals surface area contributed by atoms with Crippen LogP contribution in [0.25, 0.3) is 0 Å². The zero-order valence-corrected chi connectivity index (χ0v) is 7.53. The summed E-state index contributed by atoms with van der Waals surface area (Å²) in [6.07, 6.45) is -1.32. The number of hydrogen-bond acceptors (Lipinski definition) is 2. The highest BCUT2D eigenvalue weighted by Gasteiger charge is 2.08. The molecular formula is C10H13FO2. The number of rotatable bonds is 4. The highest BCUT2D eigenvalue weighted by molar-refractivity contribution is 5.29. The first-order valence-electron chi connectivity index (χ1n) is 4.25. The molecule has 0 aliphatic carbocycles. The summed E-state index contributed by atoms with van der Waals surface area (Å²) >= 11 is 0. The molecule has 1 aromatic carbocycles. The first-order chi connectivity index (χ1) is 6.27. The van der Waals surface area contributed by atoms with Gasteiger partial charge in [-0.05, 0) is 24.6 Å². The normalized spacial score (nSPS) is 12.5. The largest absolute Gasteiger partial charge is 0.494 e. The highest BCUT2D eigenvalue weighted by Crippen LogP contribution is 2.21. The molecule has 0 bridgehead atoms. The third kappa shape index (κ3) is 2.70. The number of ether oxygens (including phenoxy) is 1. The van der Waals surface area contributed by atoms with Crippen molar-refractivity contribution in [2.75, 3.05) is 13.2 Å². The van der Waals surface area contributed by atoms with Crippen LogP contribution >= 0.6 is 0 Å². The second kappa shape index (κ2) is 4.82. The Labute approximate surface area is 77.0 Å². The fourth-order valence-electron chi connectivity index (χ4n) is 1.07. The van der Waals surface area contributed by atoms with Crippen molar-refractivity contribution in [1.29, 1.82) is 0 Å². The van der Waals surface area contributed by atoms with Crippen molar-refractivity contribution in [3.63, 3.8) is 0 Å². The average Bonchev–Trinajstić information content (AvgIpc) is 2.18. The fraction of sp³-hybridized carbons (Fsp3) is 0.400. The molecule has 0 aliphatic rings. The third-order valence-electron chi connectivity index (χ3n) is 1.69. The Balaban J connectivity index is 2.78. The first kappa shape index (κ1) is 9.99. The molecule has 3 heteroatoms. The van der Waals surface area contributed by atoms with E-state index >= 15 is 0 Å². The van der Waals surface area contributed by atoms with E-state index in [0.717, 1.165) is 0 Å². The van der Waals surface area contributed by atoms with Crippen molar-refractivity contribution in [2.45, 2.75) is 13.1 Å². The monoisotopic (exact) mass is 184 g/mol. The van der Waals surface area contributed by atoms with E-state index in [1.165, 1.54) is 0 Å². The molecule has 0 radical (unpaired) electrons. The van der Waals surface area contributed by atoms with Gasteiger partial charge in [-0.3, -0.25) is 0 Å². The second-order valence-electron chi connectivity index (χ2n) is 2.66. The molecule has 1 atom stereocenters. The zero-order chi connectivity index (χ0) is 9.68. The molecule has 2 nitrogen and oxygen atoms in total. The van der Waals surface area contributed by atoms with Gasteiger partial charge in [-0.15, -0.1) is 0 Å². The maximum absolute atomic E-state index is 13.0. The van der Waals surface area contributed by atoms with Gasteiger partial charge in [0.25, 0.3) is 0 Å². The molecule has 13 heavy (non-hydrogen) atoms. The Morgan fingerprint density at radius 1 is 1.54 bits per heavy atom. The summed E-state index contributed by atoms with van der Waals surface area (Å²) in [5.74, 6) is 0.635. The lowest BCUT2D eigenvalue weighted by molar-refractivity contribution is 0.179. The van der Waals surface area contributed by atoms with Gasteiger partial charge in [-0.25, -0.2) is 4.39 Å². The number of halogens is 1. The number of benzene rings is 1. The number of alkyl halides is 1. The van der Waals surface area contributed by atoms with E-state index in [1.807, 2.05) is 6.92 Å². The Hall–Kier alpha value is -1.09. The lowest BCUT2D eigenvalue weighted by atomic mass is 10.1. The van der Waals surface area contributed by atoms with Crippen LogP contribution in [-0.4, -0.2) is 18.3 Å². The molecule has 0 spiro atoms. The molecule has 0 fully saturated rings. The predicted molar refractivity (Wildman–Crippen MR) is 48.5 cm³/mol. The topological polar surface area (TPSA) is 29.5 Å². The SMILES string of the molecule is CCOc1cccc(C(F)CO)c1. The first-order valence-corrected chi connectivity index (χ1v) is 4.25. The maximum atomic E-state index is 13.0. The maximum Gasteiger partial charge on any atom is 0.148 e. The van der Waals surface area contributed by atoms with Crippen molar-refractivity contribution >= 4 is 0 Å². The smallest absolute Gasteiger partial charge is 0.148 e. The Morgan fingerprint density at radius 2 is 2.31 bits per heavy atom. The van der Waals surface area contributed by atoms with E-state index in [0.29, 0.717) is 17.9 Å². The molecule has 1 aromatic rings. The van der Waals surface area contributed by atoms with E-state index < -0.39 is 12.8 Å². The number of aliphatic hydroxyl groups excluding tert-OH is 1. The molecule has 0 saturated carbocycles. The third-order valence-corrected chi connectivity index (χ3v) is 1.69. The standard InChI is InChI=1S/C10H13FO2/c1-2-13-9-5-3-4-8(6-9)10(11)7-12/h3-6,10,12H,2,7H2,1H3. The number of hydrogen-bond donors (Lipinski definition) is 1. The minimum atomic E-state index is -1.32. The van der Waals surface area contributed by atoms with Gasteiger partial charge in [0.1, 0.15) is 11.9 Å². The second-order valence-corrected chi connectivity index (χ2v) is 2.66. The molecule has 72 valence electrons. The fourth-order valence-corrected chi connectivity index (χ4v) is 1.07. The van der Waals surface area contributed by atoms with Crippen LogP contribution in [0, 0.1) is 0 Å². The van der Waals surface area contributed by atoms with Gasteiger partial charge in [0.15, 0.2) is 0 Å². The molecule has 0 aromatic heterocycles. The van der Waals surface area contributed by atoms with Gasteiger partial charge < -0.3 is 9.84 Å². The van der Waals surface area contributed by atoms with Crippen LogP contribution in [0.15, 0.2) is 24.3 Å². The molecule has 0 aliphatic heterocycles. The summed E-state index contributed by atoms with van der Waals surface area (Å²) in [5.41, 5.74) is 0.452. The lowest BCUT2D eigenvalue weighted by Crippen LogP contribution is -1.98. The van der Waals surface area contributed by atoms with Crippen LogP contribution in [0.4, 0.5) is 4.39 Å². The van der Waals surface area contributed by atoms with Crippen molar-refractivity contribution in [1.82, 2.24) is 0 Å². The lowest BCUT2D eigenvalue weighted by Gasteiger charge is -2.07. The summed E-state index contributed by atoms with van der Waals surface area (Å²) in [5, 5.41) is 8.59. The minimum absolute atomic E-state index is 0.452. The summed E-state index contributed by atoms with van der Waals surface area (Å²) in [7, 11) is 0. The molecular weight excluding hydrogens is 171 g/mol. The van der Waals surface area contributed by atoms with Crippen molar-refractivity contribution < 1.29 is 14.2 Å². The highest BCUT2D eigenvalue weighted by atomic mass is 19.1. The van der Waals surface area contributed by atoms with Gasteiger partial charge in [0, 0.05) is 0 Å². The van der Waals surface area contributed by atoms with Crippen LogP contribution in [0.2, 0.25) is 0 Å². The van der Waals surface area contributed by atoms with E-state index in [2.05, 4.69) is 0 Å². The minimum Gasteiger partial charge on any atom is -0.494 e. The van der Waals surface area contributed by atoms with E-state index in [9.17, 15) is 4.39 Å². The van der Waals surface area contributed by atoms with E-state index in [1.54, 1.807) is 24.3 Å². The van der Waals surface area contributed by atoms with Crippen molar-refractivity contribution in [3.8, 4) is 5.75 Å². The van der Waals surface area contributed by atoms with Crippen LogP contribution in [0.5, 0.6) is 5.75 Å². The molecule has 1 rings (SSSR count). The molecule has 1 N–H and O–H groups in total. The Bertz CT molecular complexity index is 263. The van der Waals surface area contributed by atoms with Gasteiger partial charge in [-0.1, -0.05) is 12.1 Å². The van der Waals surface area contributed by atoms with Gasteiger partial charge in [0.05, 0.1) is 13.2 Å². The van der Waals surface area contributed by atoms with Gasteiger partial charge in [-0.2, -0.15) is 0 Å². The van der Waals surface area contributed by atoms with Crippen LogP contribution in [0.3, 0.4) is 0 Å². The molecule has 0 amide bonds. The van der Waals surface area contributed by atoms with Gasteiger partial charge >= 0.3 is 0 Å². The molecule has 0 saturated heterocycles. The van der Waals surface area contributed by atoms with Crippen LogP contribution < -0.4 is 4.74 Å². The molecule has 1 unspecified atom stereocenters. The predicted octanol–water partition coefficient (Wildman–Crippen LogP) is 2.09. The van der Waals surface area contributed by atoms with E-state index in [4.69, 9.17) is 9.84 Å². The van der Waals surface area contributed by atoms with Gasteiger partial charge in [0.2, 0.25) is 0 Å². The number of aliphatic hydroxyl groups is 1. The average molecular weight is 184 g/mol. The van der Waals surface area contributed by atoms with Crippen molar-refractivity contribution in [2.24, 2.45) is 0 Å². The summed E-state index contributed by atoms with van der Waals surface area (Å²) in [6.45, 7) is 1.93. The van der Waals surface area contributed by atoms with Crippen LogP contribution in [-0.2, 0) is 0 Å². The summed E-state index contributed by atoms with van der Waals surface area (Å²) in [4.78, 5) is 0. The zero-order valence-electron chi connectivity index (χ0n) is 7.53. The summed E-state index contributed by atoms with van der Waals surface area (Å²) < 4.78 is 18.2. The quantitative estimate of drug-likeness (QED) is 0.776. The van der Waals surface area contributed by atoms with Crippen molar-refractivity contribution in [3.05, 3.63) is 29.8 Å². The van der Waals surface area contributed by atoms with Crippen LogP contribution in [0.1, 0.15) is 18.7 Å². The van der Waals surface area contributed by atoms with E-state index in [-0.39, 0.29) is 0 Å². The molecule has 0 heterocycles.